The van der Waals surface area contributed by atoms with E-state index in [1.807, 2.05) is 27.7 Å². The Kier molecular flexibility index (Phi) is 3.83. The first-order chi connectivity index (χ1) is 9.47. The minimum atomic E-state index is -3.73. The Balaban J connectivity index is 2.05. The van der Waals surface area contributed by atoms with Gasteiger partial charge in [-0.25, -0.2) is 13.4 Å². The lowest BCUT2D eigenvalue weighted by molar-refractivity contribution is -0.121. The van der Waals surface area contributed by atoms with Crippen LogP contribution in [0.1, 0.15) is 33.3 Å². The normalized spacial score (nSPS) is 20.0. The highest BCUT2D eigenvalue weighted by atomic mass is 35.5. The Morgan fingerprint density at radius 2 is 1.86 bits per heavy atom. The Labute approximate surface area is 130 Å². The number of nitrogens with one attached hydrogen (secondary N) is 1. The molecule has 1 fully saturated rings. The van der Waals surface area contributed by atoms with Gasteiger partial charge in [0.25, 0.3) is 0 Å². The van der Waals surface area contributed by atoms with Crippen molar-refractivity contribution in [1.82, 2.24) is 9.71 Å². The van der Waals surface area contributed by atoms with Gasteiger partial charge in [-0.1, -0.05) is 45.4 Å². The Bertz CT molecular complexity index is 652. The van der Waals surface area contributed by atoms with Gasteiger partial charge in [-0.15, -0.1) is 0 Å². The van der Waals surface area contributed by atoms with Crippen molar-refractivity contribution in [2.24, 2.45) is 16.7 Å². The molecule has 5 nitrogen and oxygen atoms in total. The smallest absolute Gasteiger partial charge is 0.239 e. The third-order valence-corrected chi connectivity index (χ3v) is 6.13. The molecule has 1 aromatic rings. The van der Waals surface area contributed by atoms with Gasteiger partial charge >= 0.3 is 0 Å². The van der Waals surface area contributed by atoms with Crippen molar-refractivity contribution < 1.29 is 13.2 Å². The van der Waals surface area contributed by atoms with Crippen LogP contribution in [0.15, 0.2) is 18.3 Å². The molecule has 0 bridgehead atoms. The number of amides is 1. The maximum Gasteiger partial charge on any atom is 0.239 e. The number of carbonyl (C=O) groups is 1. The van der Waals surface area contributed by atoms with Crippen LogP contribution < -0.4 is 4.72 Å². The van der Waals surface area contributed by atoms with Crippen LogP contribution in [0.2, 0.25) is 5.15 Å². The van der Waals surface area contributed by atoms with Crippen molar-refractivity contribution in [3.63, 3.8) is 0 Å². The summed E-state index contributed by atoms with van der Waals surface area (Å²) in [6.07, 6.45) is 1.39. The van der Waals surface area contributed by atoms with Gasteiger partial charge in [0.05, 0.1) is 11.7 Å². The number of hydrogen-bond acceptors (Lipinski definition) is 4. The molecule has 0 atom stereocenters. The molecule has 1 aliphatic carbocycles. The van der Waals surface area contributed by atoms with E-state index < -0.39 is 15.9 Å². The SMILES string of the molecule is CC1(C)C(C(=O)NS(=O)(=O)Cc2ccc(Cl)nc2)C1(C)C. The van der Waals surface area contributed by atoms with Crippen molar-refractivity contribution >= 4 is 27.5 Å². The quantitative estimate of drug-likeness (QED) is 0.860. The molecule has 0 spiro atoms. The molecular formula is C14H19ClN2O3S. The molecule has 2 rings (SSSR count). The number of nitrogens with zero attached hydrogens (tertiary/aromatic N) is 1. The zero-order valence-electron chi connectivity index (χ0n) is 12.5. The molecule has 1 saturated carbocycles. The Morgan fingerprint density at radius 1 is 1.29 bits per heavy atom. The summed E-state index contributed by atoms with van der Waals surface area (Å²) < 4.78 is 26.3. The first-order valence-electron chi connectivity index (χ1n) is 6.62. The molecule has 1 aromatic heterocycles. The summed E-state index contributed by atoms with van der Waals surface area (Å²) in [5.41, 5.74) is 0.0806. The number of aromatic nitrogens is 1. The van der Waals surface area contributed by atoms with Crippen LogP contribution in [0, 0.1) is 16.7 Å². The average Bonchev–Trinajstić information content (AvgIpc) is 2.71. The highest BCUT2D eigenvalue weighted by Gasteiger charge is 2.68. The number of sulfonamides is 1. The lowest BCUT2D eigenvalue weighted by atomic mass is 10.0. The summed E-state index contributed by atoms with van der Waals surface area (Å²) in [4.78, 5) is 16.0. The Hall–Kier alpha value is -1.14. The molecule has 1 aliphatic rings. The average molecular weight is 331 g/mol. The predicted molar refractivity (Wildman–Crippen MR) is 81.1 cm³/mol. The fourth-order valence-corrected chi connectivity index (χ4v) is 4.03. The summed E-state index contributed by atoms with van der Waals surface area (Å²) in [6.45, 7) is 7.86. The second-order valence-corrected chi connectivity index (χ2v) is 8.70. The lowest BCUT2D eigenvalue weighted by Crippen LogP contribution is -2.34. The second-order valence-electron chi connectivity index (χ2n) is 6.59. The van der Waals surface area contributed by atoms with Crippen molar-refractivity contribution in [2.45, 2.75) is 33.4 Å². The van der Waals surface area contributed by atoms with E-state index in [0.717, 1.165) is 0 Å². The molecule has 1 N–H and O–H groups in total. The van der Waals surface area contributed by atoms with Crippen LogP contribution in [0.3, 0.4) is 0 Å². The third-order valence-electron chi connectivity index (χ3n) is 4.68. The summed E-state index contributed by atoms with van der Waals surface area (Å²) in [7, 11) is -3.73. The van der Waals surface area contributed by atoms with Gasteiger partial charge in [0.2, 0.25) is 15.9 Å². The molecule has 0 unspecified atom stereocenters. The van der Waals surface area contributed by atoms with E-state index in [-0.39, 0.29) is 22.5 Å². The van der Waals surface area contributed by atoms with Gasteiger partial charge in [0.1, 0.15) is 5.15 Å². The van der Waals surface area contributed by atoms with Crippen LogP contribution in [0.4, 0.5) is 0 Å². The molecule has 0 aromatic carbocycles. The summed E-state index contributed by atoms with van der Waals surface area (Å²) in [5, 5.41) is 0.293. The number of halogens is 1. The van der Waals surface area contributed by atoms with Crippen LogP contribution in [0.25, 0.3) is 0 Å². The van der Waals surface area contributed by atoms with E-state index in [4.69, 9.17) is 11.6 Å². The van der Waals surface area contributed by atoms with Gasteiger partial charge in [-0.05, 0) is 22.5 Å². The summed E-state index contributed by atoms with van der Waals surface area (Å²) >= 11 is 5.65. The van der Waals surface area contributed by atoms with Crippen LogP contribution in [0.5, 0.6) is 0 Å². The van der Waals surface area contributed by atoms with E-state index in [1.165, 1.54) is 12.3 Å². The number of rotatable bonds is 4. The van der Waals surface area contributed by atoms with Crippen molar-refractivity contribution in [2.75, 3.05) is 0 Å². The van der Waals surface area contributed by atoms with E-state index in [0.29, 0.717) is 10.7 Å². The molecular weight excluding hydrogens is 312 g/mol. The van der Waals surface area contributed by atoms with Crippen molar-refractivity contribution in [1.29, 1.82) is 0 Å². The summed E-state index contributed by atoms with van der Waals surface area (Å²) in [6, 6.07) is 3.09. The molecule has 1 amide bonds. The standard InChI is InChI=1S/C14H19ClN2O3S/c1-13(2)11(14(13,3)4)12(18)17-21(19,20)8-9-5-6-10(15)16-7-9/h5-7,11H,8H2,1-4H3,(H,17,18). The topological polar surface area (TPSA) is 76.1 Å². The number of carbonyl (C=O) groups excluding carboxylic acids is 1. The Morgan fingerprint density at radius 3 is 2.29 bits per heavy atom. The van der Waals surface area contributed by atoms with E-state index in [9.17, 15) is 13.2 Å². The molecule has 0 radical (unpaired) electrons. The van der Waals surface area contributed by atoms with E-state index in [2.05, 4.69) is 9.71 Å². The minimum absolute atomic E-state index is 0.200. The van der Waals surface area contributed by atoms with Crippen LogP contribution >= 0.6 is 11.6 Å². The van der Waals surface area contributed by atoms with Gasteiger partial charge in [0.15, 0.2) is 0 Å². The van der Waals surface area contributed by atoms with Gasteiger partial charge in [-0.3, -0.25) is 9.52 Å². The minimum Gasteiger partial charge on any atom is -0.274 e. The van der Waals surface area contributed by atoms with E-state index in [1.54, 1.807) is 6.07 Å². The number of pyridine rings is 1. The highest BCUT2D eigenvalue weighted by molar-refractivity contribution is 7.89. The largest absolute Gasteiger partial charge is 0.274 e. The van der Waals surface area contributed by atoms with Gasteiger partial charge in [0, 0.05) is 6.20 Å². The molecule has 116 valence electrons. The molecule has 21 heavy (non-hydrogen) atoms. The first kappa shape index (κ1) is 16.2. The van der Waals surface area contributed by atoms with Crippen molar-refractivity contribution in [3.8, 4) is 0 Å². The van der Waals surface area contributed by atoms with E-state index >= 15 is 0 Å². The number of hydrogen-bond donors (Lipinski definition) is 1. The lowest BCUT2D eigenvalue weighted by Gasteiger charge is -2.08. The zero-order valence-corrected chi connectivity index (χ0v) is 14.0. The molecule has 0 saturated heterocycles. The highest BCUT2D eigenvalue weighted by Crippen LogP contribution is 2.68. The first-order valence-corrected chi connectivity index (χ1v) is 8.65. The maximum atomic E-state index is 12.2. The molecule has 7 heteroatoms. The summed E-state index contributed by atoms with van der Waals surface area (Å²) in [5.74, 6) is -1.04. The fraction of sp³-hybridized carbons (Fsp3) is 0.571. The van der Waals surface area contributed by atoms with Gasteiger partial charge < -0.3 is 0 Å². The monoisotopic (exact) mass is 330 g/mol. The third kappa shape index (κ3) is 3.06. The second kappa shape index (κ2) is 4.95. The van der Waals surface area contributed by atoms with Crippen molar-refractivity contribution in [3.05, 3.63) is 29.0 Å². The predicted octanol–water partition coefficient (Wildman–Crippen LogP) is 2.36. The molecule has 0 aliphatic heterocycles. The van der Waals surface area contributed by atoms with Gasteiger partial charge in [-0.2, -0.15) is 0 Å². The molecule has 1 heterocycles. The zero-order chi connectivity index (χ0) is 16.1. The fourth-order valence-electron chi connectivity index (χ4n) is 2.81. The maximum absolute atomic E-state index is 12.2. The van der Waals surface area contributed by atoms with Crippen LogP contribution in [-0.2, 0) is 20.6 Å². The van der Waals surface area contributed by atoms with Crippen LogP contribution in [-0.4, -0.2) is 19.3 Å².